The number of nitriles is 1. The molecule has 3 aromatic rings. The Morgan fingerprint density at radius 1 is 1.00 bits per heavy atom. The zero-order valence-electron chi connectivity index (χ0n) is 16.6. The average molecular weight is 558 g/mol. The highest BCUT2D eigenvalue weighted by Gasteiger charge is 2.10. The molecule has 0 radical (unpaired) electrons. The summed E-state index contributed by atoms with van der Waals surface area (Å²) >= 11 is 7.97. The number of ether oxygens (including phenoxy) is 1. The first-order valence-corrected chi connectivity index (χ1v) is 10.9. The molecule has 0 aliphatic heterocycles. The lowest BCUT2D eigenvalue weighted by molar-refractivity contribution is -0.118. The van der Waals surface area contributed by atoms with Crippen molar-refractivity contribution in [1.82, 2.24) is 0 Å². The monoisotopic (exact) mass is 557 g/mol. The summed E-state index contributed by atoms with van der Waals surface area (Å²) in [4.78, 5) is 24.4. The van der Waals surface area contributed by atoms with E-state index in [1.165, 1.54) is 6.08 Å². The molecule has 2 N–H and O–H groups in total. The first kappa shape index (κ1) is 23.3. The van der Waals surface area contributed by atoms with Crippen LogP contribution < -0.4 is 15.4 Å². The first-order chi connectivity index (χ1) is 15.4. The maximum absolute atomic E-state index is 12.4. The van der Waals surface area contributed by atoms with Gasteiger partial charge in [-0.25, -0.2) is 0 Å². The Balaban J connectivity index is 1.57. The zero-order valence-corrected chi connectivity index (χ0v) is 19.6. The smallest absolute Gasteiger partial charge is 0.266 e. The summed E-state index contributed by atoms with van der Waals surface area (Å²) in [7, 11) is 0. The van der Waals surface area contributed by atoms with Crippen LogP contribution in [0, 0.1) is 14.9 Å². The van der Waals surface area contributed by atoms with Gasteiger partial charge in [-0.2, -0.15) is 5.26 Å². The molecule has 0 aliphatic rings. The third-order valence-corrected chi connectivity index (χ3v) is 5.06. The molecule has 2 amide bonds. The predicted molar refractivity (Wildman–Crippen MR) is 133 cm³/mol. The second-order valence-corrected chi connectivity index (χ2v) is 8.23. The molecule has 0 saturated carbocycles. The van der Waals surface area contributed by atoms with Gasteiger partial charge in [-0.3, -0.25) is 9.59 Å². The number of halogens is 2. The van der Waals surface area contributed by atoms with E-state index in [0.29, 0.717) is 27.7 Å². The minimum absolute atomic E-state index is 0.0279. The number of nitrogens with one attached hydrogen (secondary N) is 2. The molecule has 0 aliphatic carbocycles. The number of carbonyl (C=O) groups is 2. The van der Waals surface area contributed by atoms with E-state index in [0.717, 1.165) is 3.57 Å². The van der Waals surface area contributed by atoms with Gasteiger partial charge >= 0.3 is 0 Å². The van der Waals surface area contributed by atoms with Gasteiger partial charge in [-0.1, -0.05) is 29.8 Å². The van der Waals surface area contributed by atoms with Crippen molar-refractivity contribution in [3.8, 4) is 11.8 Å². The summed E-state index contributed by atoms with van der Waals surface area (Å²) in [6.07, 6.45) is 1.49. The lowest BCUT2D eigenvalue weighted by atomic mass is 10.1. The van der Waals surface area contributed by atoms with Crippen LogP contribution in [0.1, 0.15) is 5.56 Å². The van der Waals surface area contributed by atoms with Crippen LogP contribution >= 0.6 is 34.2 Å². The van der Waals surface area contributed by atoms with Gasteiger partial charge in [0.2, 0.25) is 0 Å². The van der Waals surface area contributed by atoms with E-state index in [2.05, 4.69) is 33.2 Å². The number of hydrogen-bond donors (Lipinski definition) is 2. The van der Waals surface area contributed by atoms with Crippen LogP contribution in [0.2, 0.25) is 5.02 Å². The summed E-state index contributed by atoms with van der Waals surface area (Å²) < 4.78 is 6.46. The summed E-state index contributed by atoms with van der Waals surface area (Å²) in [5.74, 6) is -0.320. The van der Waals surface area contributed by atoms with Gasteiger partial charge in [0.15, 0.2) is 6.61 Å². The van der Waals surface area contributed by atoms with Gasteiger partial charge in [0.1, 0.15) is 17.4 Å². The lowest BCUT2D eigenvalue weighted by Gasteiger charge is -2.08. The fourth-order valence-electron chi connectivity index (χ4n) is 2.62. The minimum Gasteiger partial charge on any atom is -0.484 e. The van der Waals surface area contributed by atoms with Gasteiger partial charge in [0, 0.05) is 20.0 Å². The van der Waals surface area contributed by atoms with Gasteiger partial charge in [0.05, 0.1) is 0 Å². The van der Waals surface area contributed by atoms with Crippen LogP contribution in [0.25, 0.3) is 6.08 Å². The van der Waals surface area contributed by atoms with E-state index in [1.54, 1.807) is 54.6 Å². The highest BCUT2D eigenvalue weighted by Crippen LogP contribution is 2.17. The van der Waals surface area contributed by atoms with Crippen LogP contribution in [0.4, 0.5) is 11.4 Å². The molecule has 3 rings (SSSR count). The molecule has 3 aromatic carbocycles. The number of anilines is 2. The zero-order chi connectivity index (χ0) is 22.9. The third-order valence-electron chi connectivity index (χ3n) is 4.14. The van der Waals surface area contributed by atoms with Crippen molar-refractivity contribution in [3.63, 3.8) is 0 Å². The first-order valence-electron chi connectivity index (χ1n) is 9.40. The summed E-state index contributed by atoms with van der Waals surface area (Å²) in [6, 6.07) is 22.7. The molecule has 160 valence electrons. The largest absolute Gasteiger partial charge is 0.484 e. The maximum atomic E-state index is 12.4. The van der Waals surface area contributed by atoms with Gasteiger partial charge in [-0.15, -0.1) is 0 Å². The van der Waals surface area contributed by atoms with E-state index in [9.17, 15) is 14.9 Å². The van der Waals surface area contributed by atoms with Crippen molar-refractivity contribution in [2.75, 3.05) is 17.2 Å². The van der Waals surface area contributed by atoms with Crippen molar-refractivity contribution in [1.29, 1.82) is 5.26 Å². The minimum atomic E-state index is -0.492. The van der Waals surface area contributed by atoms with E-state index in [4.69, 9.17) is 16.3 Å². The molecular weight excluding hydrogens is 541 g/mol. The SMILES string of the molecule is N#C/C(=C\c1ccc(OCC(=O)Nc2ccc(Cl)cc2)cc1)C(=O)Nc1cccc(I)c1. The maximum Gasteiger partial charge on any atom is 0.266 e. The average Bonchev–Trinajstić information content (AvgIpc) is 2.78. The van der Waals surface area contributed by atoms with E-state index in [-0.39, 0.29) is 18.1 Å². The van der Waals surface area contributed by atoms with Gasteiger partial charge in [0.25, 0.3) is 11.8 Å². The second-order valence-electron chi connectivity index (χ2n) is 6.55. The van der Waals surface area contributed by atoms with E-state index < -0.39 is 5.91 Å². The van der Waals surface area contributed by atoms with Crippen molar-refractivity contribution < 1.29 is 14.3 Å². The Labute approximate surface area is 204 Å². The number of carbonyl (C=O) groups excluding carboxylic acids is 2. The van der Waals surface area contributed by atoms with Crippen LogP contribution in [0.5, 0.6) is 5.75 Å². The molecule has 0 unspecified atom stereocenters. The molecule has 0 heterocycles. The topological polar surface area (TPSA) is 91.2 Å². The molecule has 0 saturated heterocycles. The number of benzene rings is 3. The second kappa shape index (κ2) is 11.3. The Morgan fingerprint density at radius 3 is 2.38 bits per heavy atom. The predicted octanol–water partition coefficient (Wildman–Crippen LogP) is 5.51. The molecule has 0 spiro atoms. The van der Waals surface area contributed by atoms with Crippen molar-refractivity contribution in [2.45, 2.75) is 0 Å². The Hall–Kier alpha value is -3.35. The van der Waals surface area contributed by atoms with Crippen molar-refractivity contribution in [2.24, 2.45) is 0 Å². The van der Waals surface area contributed by atoms with Crippen LogP contribution in [-0.4, -0.2) is 18.4 Å². The van der Waals surface area contributed by atoms with Crippen molar-refractivity contribution in [3.05, 3.63) is 92.5 Å². The number of hydrogen-bond acceptors (Lipinski definition) is 4. The van der Waals surface area contributed by atoms with Crippen molar-refractivity contribution >= 4 is 63.5 Å². The quantitative estimate of drug-likeness (QED) is 0.228. The molecule has 32 heavy (non-hydrogen) atoms. The standard InChI is InChI=1S/C24H17ClIN3O3/c25-18-6-8-20(9-7-18)28-23(30)15-32-22-10-4-16(5-11-22)12-17(14-27)24(31)29-21-3-1-2-19(26)13-21/h1-13H,15H2,(H,28,30)(H,29,31)/b17-12+. The number of amides is 2. The molecule has 6 nitrogen and oxygen atoms in total. The van der Waals surface area contributed by atoms with Gasteiger partial charge < -0.3 is 15.4 Å². The molecule has 0 atom stereocenters. The number of nitrogens with zero attached hydrogens (tertiary/aromatic N) is 1. The summed E-state index contributed by atoms with van der Waals surface area (Å²) in [5.41, 5.74) is 1.86. The fraction of sp³-hybridized carbons (Fsp3) is 0.0417. The molecule has 0 fully saturated rings. The third kappa shape index (κ3) is 7.11. The van der Waals surface area contributed by atoms with Crippen LogP contribution in [0.15, 0.2) is 78.4 Å². The molecule has 8 heteroatoms. The van der Waals surface area contributed by atoms with Crippen LogP contribution in [-0.2, 0) is 9.59 Å². The highest BCUT2D eigenvalue weighted by molar-refractivity contribution is 14.1. The molecular formula is C24H17ClIN3O3. The van der Waals surface area contributed by atoms with Crippen LogP contribution in [0.3, 0.4) is 0 Å². The molecule has 0 bridgehead atoms. The van der Waals surface area contributed by atoms with E-state index >= 15 is 0 Å². The summed E-state index contributed by atoms with van der Waals surface area (Å²) in [5, 5.41) is 15.4. The number of rotatable bonds is 7. The normalized spacial score (nSPS) is 10.7. The Kier molecular flexibility index (Phi) is 8.25. The lowest BCUT2D eigenvalue weighted by Crippen LogP contribution is -2.20. The molecule has 0 aromatic heterocycles. The fourth-order valence-corrected chi connectivity index (χ4v) is 3.29. The Morgan fingerprint density at radius 2 is 1.72 bits per heavy atom. The van der Waals surface area contributed by atoms with Gasteiger partial charge in [-0.05, 0) is 88.8 Å². The Bertz CT molecular complexity index is 1190. The highest BCUT2D eigenvalue weighted by atomic mass is 127. The van der Waals surface area contributed by atoms with E-state index in [1.807, 2.05) is 24.3 Å². The summed E-state index contributed by atoms with van der Waals surface area (Å²) in [6.45, 7) is -0.167.